The van der Waals surface area contributed by atoms with Gasteiger partial charge < -0.3 is 10.1 Å². The minimum Gasteiger partial charge on any atom is -0.492 e. The molecule has 0 saturated carbocycles. The Bertz CT molecular complexity index is 608. The van der Waals surface area contributed by atoms with Crippen molar-refractivity contribution in [1.29, 1.82) is 0 Å². The van der Waals surface area contributed by atoms with E-state index < -0.39 is 0 Å². The lowest BCUT2D eigenvalue weighted by atomic mass is 10.00. The van der Waals surface area contributed by atoms with Crippen LogP contribution in [0.3, 0.4) is 0 Å². The molecular weight excluding hydrogens is 258 g/mol. The summed E-state index contributed by atoms with van der Waals surface area (Å²) < 4.78 is 5.72. The first kappa shape index (κ1) is 15.4. The fraction of sp³-hybridized carbons (Fsp3) is 0.368. The van der Waals surface area contributed by atoms with Gasteiger partial charge in [0.1, 0.15) is 5.75 Å². The zero-order chi connectivity index (χ0) is 15.4. The molecule has 0 spiro atoms. The van der Waals surface area contributed by atoms with Crippen molar-refractivity contribution < 1.29 is 4.74 Å². The number of aryl methyl sites for hydroxylation is 4. The number of ether oxygens (including phenoxy) is 1. The smallest absolute Gasteiger partial charge is 0.142 e. The monoisotopic (exact) mass is 283 g/mol. The van der Waals surface area contributed by atoms with Gasteiger partial charge in [0.05, 0.1) is 12.3 Å². The Hall–Kier alpha value is -1.96. The van der Waals surface area contributed by atoms with Gasteiger partial charge >= 0.3 is 0 Å². The van der Waals surface area contributed by atoms with Crippen molar-refractivity contribution in [3.63, 3.8) is 0 Å². The Labute approximate surface area is 128 Å². The average molecular weight is 283 g/mol. The second-order valence-electron chi connectivity index (χ2n) is 5.66. The predicted octanol–water partition coefficient (Wildman–Crippen LogP) is 4.93. The normalized spacial score (nSPS) is 10.5. The van der Waals surface area contributed by atoms with Gasteiger partial charge in [0.15, 0.2) is 0 Å². The number of hydrogen-bond donors (Lipinski definition) is 1. The number of anilines is 1. The van der Waals surface area contributed by atoms with Crippen LogP contribution in [0.2, 0.25) is 0 Å². The molecule has 112 valence electrons. The van der Waals surface area contributed by atoms with Crippen LogP contribution in [0, 0.1) is 27.7 Å². The molecule has 2 rings (SSSR count). The van der Waals surface area contributed by atoms with Crippen molar-refractivity contribution in [2.45, 2.75) is 41.2 Å². The highest BCUT2D eigenvalue weighted by molar-refractivity contribution is 5.58. The topological polar surface area (TPSA) is 21.3 Å². The molecule has 2 aromatic carbocycles. The largest absolute Gasteiger partial charge is 0.492 e. The molecule has 0 aliphatic rings. The zero-order valence-electron chi connectivity index (χ0n) is 13.7. The minimum atomic E-state index is 0.681. The maximum absolute atomic E-state index is 5.72. The van der Waals surface area contributed by atoms with E-state index in [0.717, 1.165) is 18.0 Å². The predicted molar refractivity (Wildman–Crippen MR) is 90.3 cm³/mol. The summed E-state index contributed by atoms with van der Waals surface area (Å²) in [7, 11) is 0. The molecule has 0 heterocycles. The highest BCUT2D eigenvalue weighted by Crippen LogP contribution is 2.27. The lowest BCUT2D eigenvalue weighted by Gasteiger charge is -2.16. The highest BCUT2D eigenvalue weighted by atomic mass is 16.5. The first-order chi connectivity index (χ1) is 10.0. The van der Waals surface area contributed by atoms with Crippen LogP contribution in [-0.4, -0.2) is 6.61 Å². The average Bonchev–Trinajstić information content (AvgIpc) is 2.40. The van der Waals surface area contributed by atoms with Crippen LogP contribution in [0.25, 0.3) is 0 Å². The number of rotatable bonds is 5. The molecule has 1 N–H and O–H groups in total. The maximum Gasteiger partial charge on any atom is 0.142 e. The van der Waals surface area contributed by atoms with Crippen LogP contribution in [0.1, 0.15) is 34.7 Å². The Morgan fingerprint density at radius 3 is 2.19 bits per heavy atom. The van der Waals surface area contributed by atoms with Gasteiger partial charge in [-0.2, -0.15) is 0 Å². The third-order valence-corrected chi connectivity index (χ3v) is 3.73. The summed E-state index contributed by atoms with van der Waals surface area (Å²) in [5.74, 6) is 0.930. The number of hydrogen-bond acceptors (Lipinski definition) is 2. The number of nitrogens with one attached hydrogen (secondary N) is 1. The van der Waals surface area contributed by atoms with Gasteiger partial charge in [0, 0.05) is 6.54 Å². The van der Waals surface area contributed by atoms with E-state index in [4.69, 9.17) is 4.74 Å². The Balaban J connectivity index is 2.20. The molecule has 0 radical (unpaired) electrons. The van der Waals surface area contributed by atoms with Gasteiger partial charge in [-0.3, -0.25) is 0 Å². The minimum absolute atomic E-state index is 0.681. The van der Waals surface area contributed by atoms with Crippen LogP contribution >= 0.6 is 0 Å². The molecule has 0 unspecified atom stereocenters. The summed E-state index contributed by atoms with van der Waals surface area (Å²) in [6, 6.07) is 10.8. The second kappa shape index (κ2) is 6.66. The third-order valence-electron chi connectivity index (χ3n) is 3.73. The molecule has 0 amide bonds. The zero-order valence-corrected chi connectivity index (χ0v) is 13.7. The summed E-state index contributed by atoms with van der Waals surface area (Å²) in [6.07, 6.45) is 0. The van der Waals surface area contributed by atoms with E-state index in [1.165, 1.54) is 27.8 Å². The van der Waals surface area contributed by atoms with E-state index in [0.29, 0.717) is 6.61 Å². The molecule has 0 aliphatic heterocycles. The van der Waals surface area contributed by atoms with Gasteiger partial charge in [0.2, 0.25) is 0 Å². The fourth-order valence-corrected chi connectivity index (χ4v) is 2.72. The first-order valence-corrected chi connectivity index (χ1v) is 7.55. The van der Waals surface area contributed by atoms with Gasteiger partial charge in [-0.15, -0.1) is 0 Å². The molecule has 2 aromatic rings. The van der Waals surface area contributed by atoms with Crippen molar-refractivity contribution in [3.05, 3.63) is 58.1 Å². The maximum atomic E-state index is 5.72. The van der Waals surface area contributed by atoms with Crippen LogP contribution in [0.5, 0.6) is 5.75 Å². The molecular formula is C19H25NO. The third kappa shape index (κ3) is 3.78. The van der Waals surface area contributed by atoms with Gasteiger partial charge in [-0.05, 0) is 69.0 Å². The van der Waals surface area contributed by atoms with Crippen LogP contribution in [-0.2, 0) is 6.54 Å². The van der Waals surface area contributed by atoms with Crippen LogP contribution in [0.15, 0.2) is 30.3 Å². The van der Waals surface area contributed by atoms with Crippen molar-refractivity contribution in [2.24, 2.45) is 0 Å². The summed E-state index contributed by atoms with van der Waals surface area (Å²) in [6.45, 7) is 12.1. The van der Waals surface area contributed by atoms with Gasteiger partial charge in [-0.1, -0.05) is 23.8 Å². The Morgan fingerprint density at radius 2 is 1.57 bits per heavy atom. The SMILES string of the molecule is CCOc1cc(C)ccc1NCc1c(C)cc(C)cc1C. The molecule has 2 heteroatoms. The van der Waals surface area contributed by atoms with E-state index in [9.17, 15) is 0 Å². The molecule has 0 atom stereocenters. The summed E-state index contributed by atoms with van der Waals surface area (Å²) >= 11 is 0. The number of benzene rings is 2. The van der Waals surface area contributed by atoms with Crippen LogP contribution < -0.4 is 10.1 Å². The lowest BCUT2D eigenvalue weighted by molar-refractivity contribution is 0.341. The molecule has 0 aromatic heterocycles. The molecule has 21 heavy (non-hydrogen) atoms. The van der Waals surface area contributed by atoms with Crippen molar-refractivity contribution in [1.82, 2.24) is 0 Å². The van der Waals surface area contributed by atoms with Crippen molar-refractivity contribution in [2.75, 3.05) is 11.9 Å². The van der Waals surface area contributed by atoms with Crippen molar-refractivity contribution >= 4 is 5.69 Å². The molecule has 0 aliphatic carbocycles. The molecule has 0 fully saturated rings. The Kier molecular flexibility index (Phi) is 4.89. The van der Waals surface area contributed by atoms with E-state index >= 15 is 0 Å². The van der Waals surface area contributed by atoms with E-state index in [2.05, 4.69) is 63.3 Å². The van der Waals surface area contributed by atoms with E-state index in [-0.39, 0.29) is 0 Å². The quantitative estimate of drug-likeness (QED) is 0.840. The van der Waals surface area contributed by atoms with E-state index in [1.54, 1.807) is 0 Å². The Morgan fingerprint density at radius 1 is 0.905 bits per heavy atom. The van der Waals surface area contributed by atoms with E-state index in [1.807, 2.05) is 6.92 Å². The van der Waals surface area contributed by atoms with Gasteiger partial charge in [-0.25, -0.2) is 0 Å². The van der Waals surface area contributed by atoms with Crippen LogP contribution in [0.4, 0.5) is 5.69 Å². The lowest BCUT2D eigenvalue weighted by Crippen LogP contribution is -2.06. The first-order valence-electron chi connectivity index (χ1n) is 7.55. The standard InChI is InChI=1S/C19H25NO/c1-6-21-19-11-13(2)7-8-18(19)20-12-17-15(4)9-14(3)10-16(17)5/h7-11,20H,6,12H2,1-5H3. The molecule has 0 saturated heterocycles. The molecule has 0 bridgehead atoms. The van der Waals surface area contributed by atoms with Crippen molar-refractivity contribution in [3.8, 4) is 5.75 Å². The summed E-state index contributed by atoms with van der Waals surface area (Å²) in [5, 5.41) is 3.52. The molecule has 2 nitrogen and oxygen atoms in total. The highest BCUT2D eigenvalue weighted by Gasteiger charge is 2.07. The fourth-order valence-electron chi connectivity index (χ4n) is 2.72. The summed E-state index contributed by atoms with van der Waals surface area (Å²) in [4.78, 5) is 0. The van der Waals surface area contributed by atoms with Gasteiger partial charge in [0.25, 0.3) is 0 Å². The second-order valence-corrected chi connectivity index (χ2v) is 5.66. The summed E-state index contributed by atoms with van der Waals surface area (Å²) in [5.41, 5.74) is 7.63.